The van der Waals surface area contributed by atoms with Crippen LogP contribution in [0.2, 0.25) is 0 Å². The quantitative estimate of drug-likeness (QED) is 0.574. The van der Waals surface area contributed by atoms with Gasteiger partial charge in [-0.1, -0.05) is 0 Å². The van der Waals surface area contributed by atoms with E-state index in [1.807, 2.05) is 0 Å². The van der Waals surface area contributed by atoms with E-state index in [1.165, 1.54) is 0 Å². The number of nitrogens with zero attached hydrogens (tertiary/aromatic N) is 1. The highest BCUT2D eigenvalue weighted by Crippen LogP contribution is 2.31. The molecule has 5 nitrogen and oxygen atoms in total. The summed E-state index contributed by atoms with van der Waals surface area (Å²) in [6.07, 6.45) is 1.01. The van der Waals surface area contributed by atoms with Crippen molar-refractivity contribution in [3.8, 4) is 0 Å². The Labute approximate surface area is 70.4 Å². The smallest absolute Gasteiger partial charge is 0.216 e. The zero-order chi connectivity index (χ0) is 8.44. The molecular formula is C7H12N2O3. The zero-order valence-corrected chi connectivity index (χ0v) is 6.78. The number of piperidine rings is 1. The van der Waals surface area contributed by atoms with Gasteiger partial charge in [-0.15, -0.1) is 4.91 Å². The van der Waals surface area contributed by atoms with Crippen molar-refractivity contribution in [3.05, 3.63) is 4.91 Å². The van der Waals surface area contributed by atoms with Gasteiger partial charge in [0.25, 0.3) is 0 Å². The van der Waals surface area contributed by atoms with E-state index < -0.39 is 12.0 Å². The highest BCUT2D eigenvalue weighted by molar-refractivity contribution is 4.83. The molecule has 0 bridgehead atoms. The lowest BCUT2D eigenvalue weighted by Crippen LogP contribution is -2.43. The van der Waals surface area contributed by atoms with Crippen molar-refractivity contribution in [1.29, 1.82) is 0 Å². The largest absolute Gasteiger partial charge is 0.345 e. The number of hydrogen-bond donors (Lipinski definition) is 1. The van der Waals surface area contributed by atoms with Crippen LogP contribution in [0.5, 0.6) is 0 Å². The fraction of sp³-hybridized carbons (Fsp3) is 1.00. The predicted molar refractivity (Wildman–Crippen MR) is 41.5 cm³/mol. The molecule has 1 spiro atoms. The van der Waals surface area contributed by atoms with Gasteiger partial charge < -0.3 is 14.8 Å². The number of rotatable bonds is 1. The van der Waals surface area contributed by atoms with Gasteiger partial charge in [-0.2, -0.15) is 0 Å². The Balaban J connectivity index is 1.98. The Morgan fingerprint density at radius 2 is 2.17 bits per heavy atom. The average Bonchev–Trinajstić information content (AvgIpc) is 2.50. The van der Waals surface area contributed by atoms with Gasteiger partial charge in [0.05, 0.1) is 0 Å². The first kappa shape index (κ1) is 8.10. The SMILES string of the molecule is O=NC1COC2(CCNCC2)O1. The lowest BCUT2D eigenvalue weighted by molar-refractivity contribution is -0.182. The second-order valence-electron chi connectivity index (χ2n) is 3.15. The summed E-state index contributed by atoms with van der Waals surface area (Å²) in [6.45, 7) is 2.07. The topological polar surface area (TPSA) is 59.9 Å². The van der Waals surface area contributed by atoms with E-state index >= 15 is 0 Å². The van der Waals surface area contributed by atoms with Gasteiger partial charge in [0.15, 0.2) is 5.79 Å². The molecule has 2 heterocycles. The van der Waals surface area contributed by atoms with E-state index in [9.17, 15) is 4.91 Å². The first-order valence-corrected chi connectivity index (χ1v) is 4.20. The molecule has 2 aliphatic heterocycles. The predicted octanol–water partition coefficient (Wildman–Crippen LogP) is 0.205. The molecule has 2 rings (SSSR count). The molecule has 0 amide bonds. The van der Waals surface area contributed by atoms with Crippen molar-refractivity contribution in [3.63, 3.8) is 0 Å². The minimum atomic E-state index is -0.594. The molecule has 0 aromatic carbocycles. The maximum atomic E-state index is 10.2. The van der Waals surface area contributed by atoms with Crippen molar-refractivity contribution in [2.75, 3.05) is 19.7 Å². The van der Waals surface area contributed by atoms with Gasteiger partial charge >= 0.3 is 0 Å². The lowest BCUT2D eigenvalue weighted by Gasteiger charge is -2.31. The maximum absolute atomic E-state index is 10.2. The monoisotopic (exact) mass is 172 g/mol. The fourth-order valence-electron chi connectivity index (χ4n) is 1.66. The van der Waals surface area contributed by atoms with Gasteiger partial charge in [-0.25, -0.2) is 0 Å². The second-order valence-corrected chi connectivity index (χ2v) is 3.15. The van der Waals surface area contributed by atoms with Crippen LogP contribution in [0.25, 0.3) is 0 Å². The van der Waals surface area contributed by atoms with Crippen molar-refractivity contribution < 1.29 is 9.47 Å². The minimum Gasteiger partial charge on any atom is -0.345 e. The van der Waals surface area contributed by atoms with Crippen LogP contribution in [-0.4, -0.2) is 31.7 Å². The molecule has 1 unspecified atom stereocenters. The van der Waals surface area contributed by atoms with E-state index in [1.54, 1.807) is 0 Å². The van der Waals surface area contributed by atoms with Crippen LogP contribution in [-0.2, 0) is 9.47 Å². The number of nitroso groups, excluding NO2 is 1. The fourth-order valence-corrected chi connectivity index (χ4v) is 1.66. The third-order valence-corrected chi connectivity index (χ3v) is 2.32. The molecule has 12 heavy (non-hydrogen) atoms. The van der Waals surface area contributed by atoms with Crippen LogP contribution >= 0.6 is 0 Å². The van der Waals surface area contributed by atoms with Gasteiger partial charge in [0.2, 0.25) is 6.23 Å². The maximum Gasteiger partial charge on any atom is 0.216 e. The standard InChI is InChI=1S/C7H12N2O3/c10-9-6-5-11-7(12-6)1-3-8-4-2-7/h6,8H,1-5H2. The molecule has 0 aromatic heterocycles. The highest BCUT2D eigenvalue weighted by Gasteiger charge is 2.42. The van der Waals surface area contributed by atoms with Crippen LogP contribution < -0.4 is 5.32 Å². The molecule has 0 aromatic rings. The average molecular weight is 172 g/mol. The molecule has 0 aliphatic carbocycles. The Hall–Kier alpha value is -0.520. The lowest BCUT2D eigenvalue weighted by atomic mass is 10.1. The Morgan fingerprint density at radius 3 is 2.75 bits per heavy atom. The summed E-state index contributed by atoms with van der Waals surface area (Å²) in [5, 5.41) is 6.02. The van der Waals surface area contributed by atoms with Crippen molar-refractivity contribution >= 4 is 0 Å². The van der Waals surface area contributed by atoms with Crippen LogP contribution in [0.1, 0.15) is 12.8 Å². The zero-order valence-electron chi connectivity index (χ0n) is 6.78. The first-order valence-electron chi connectivity index (χ1n) is 4.20. The third kappa shape index (κ3) is 1.35. The molecule has 68 valence electrons. The number of ether oxygens (including phenoxy) is 2. The first-order chi connectivity index (χ1) is 5.85. The van der Waals surface area contributed by atoms with Gasteiger partial charge in [-0.05, 0) is 5.18 Å². The summed E-state index contributed by atoms with van der Waals surface area (Å²) in [6, 6.07) is 0. The van der Waals surface area contributed by atoms with E-state index in [-0.39, 0.29) is 0 Å². The molecule has 2 saturated heterocycles. The van der Waals surface area contributed by atoms with Gasteiger partial charge in [0.1, 0.15) is 6.61 Å². The third-order valence-electron chi connectivity index (χ3n) is 2.32. The summed E-state index contributed by atoms with van der Waals surface area (Å²) in [5.74, 6) is -0.510. The molecule has 5 heteroatoms. The van der Waals surface area contributed by atoms with Crippen LogP contribution in [0.3, 0.4) is 0 Å². The molecular weight excluding hydrogens is 160 g/mol. The minimum absolute atomic E-state index is 0.309. The molecule has 0 saturated carbocycles. The number of hydrogen-bond acceptors (Lipinski definition) is 5. The van der Waals surface area contributed by atoms with E-state index in [4.69, 9.17) is 9.47 Å². The Bertz CT molecular complexity index is 179. The second kappa shape index (κ2) is 3.08. The molecule has 2 aliphatic rings. The summed E-state index contributed by atoms with van der Waals surface area (Å²) in [4.78, 5) is 10.2. The molecule has 2 fully saturated rings. The van der Waals surface area contributed by atoms with Gasteiger partial charge in [0, 0.05) is 25.9 Å². The van der Waals surface area contributed by atoms with E-state index in [2.05, 4.69) is 10.5 Å². The van der Waals surface area contributed by atoms with E-state index in [0.717, 1.165) is 25.9 Å². The van der Waals surface area contributed by atoms with Crippen LogP contribution in [0.4, 0.5) is 0 Å². The number of nitrogens with one attached hydrogen (secondary N) is 1. The normalized spacial score (nSPS) is 33.8. The van der Waals surface area contributed by atoms with Crippen molar-refractivity contribution in [2.45, 2.75) is 24.9 Å². The Morgan fingerprint density at radius 1 is 1.42 bits per heavy atom. The molecule has 1 N–H and O–H groups in total. The summed E-state index contributed by atoms with van der Waals surface area (Å²) in [5.41, 5.74) is 0. The Kier molecular flexibility index (Phi) is 2.08. The summed E-state index contributed by atoms with van der Waals surface area (Å²) >= 11 is 0. The van der Waals surface area contributed by atoms with Crippen molar-refractivity contribution in [1.82, 2.24) is 5.32 Å². The van der Waals surface area contributed by atoms with Gasteiger partial charge in [-0.3, -0.25) is 0 Å². The summed E-state index contributed by atoms with van der Waals surface area (Å²) < 4.78 is 10.8. The molecule has 1 atom stereocenters. The van der Waals surface area contributed by atoms with E-state index in [0.29, 0.717) is 6.61 Å². The van der Waals surface area contributed by atoms with Crippen LogP contribution in [0.15, 0.2) is 5.18 Å². The molecule has 0 radical (unpaired) electrons. The summed E-state index contributed by atoms with van der Waals surface area (Å²) in [7, 11) is 0. The highest BCUT2D eigenvalue weighted by atomic mass is 16.8. The van der Waals surface area contributed by atoms with Crippen LogP contribution in [0, 0.1) is 4.91 Å². The van der Waals surface area contributed by atoms with Crippen molar-refractivity contribution in [2.24, 2.45) is 5.18 Å².